The van der Waals surface area contributed by atoms with Gasteiger partial charge in [0.25, 0.3) is 0 Å². The molecule has 3 rings (SSSR count). The number of halogens is 1. The lowest BCUT2D eigenvalue weighted by Gasteiger charge is -2.21. The quantitative estimate of drug-likeness (QED) is 0.306. The van der Waals surface area contributed by atoms with E-state index in [1.165, 1.54) is 19.5 Å². The molecule has 0 amide bonds. The Labute approximate surface area is 198 Å². The number of hydrogen-bond acceptors (Lipinski definition) is 5. The van der Waals surface area contributed by atoms with Gasteiger partial charge in [0.1, 0.15) is 11.5 Å². The predicted molar refractivity (Wildman–Crippen MR) is 135 cm³/mol. The molecule has 2 heterocycles. The maximum absolute atomic E-state index is 5.42. The van der Waals surface area contributed by atoms with E-state index >= 15 is 0 Å². The van der Waals surface area contributed by atoms with E-state index < -0.39 is 0 Å². The summed E-state index contributed by atoms with van der Waals surface area (Å²) in [5.41, 5.74) is 1.14. The number of anilines is 1. The third kappa shape index (κ3) is 6.80. The van der Waals surface area contributed by atoms with Crippen molar-refractivity contribution in [3.63, 3.8) is 0 Å². The molecule has 2 saturated heterocycles. The van der Waals surface area contributed by atoms with Crippen molar-refractivity contribution < 1.29 is 9.47 Å². The Kier molecular flexibility index (Phi) is 10.3. The lowest BCUT2D eigenvalue weighted by Crippen LogP contribution is -2.45. The summed E-state index contributed by atoms with van der Waals surface area (Å²) in [7, 11) is 3.38. The van der Waals surface area contributed by atoms with Crippen LogP contribution in [0, 0.1) is 5.92 Å². The summed E-state index contributed by atoms with van der Waals surface area (Å²) in [4.78, 5) is 9.78. The second kappa shape index (κ2) is 12.4. The Bertz CT molecular complexity index is 665. The van der Waals surface area contributed by atoms with Gasteiger partial charge in [-0.1, -0.05) is 6.92 Å². The van der Waals surface area contributed by atoms with Gasteiger partial charge in [0.2, 0.25) is 0 Å². The number of likely N-dealkylation sites (tertiary alicyclic amines) is 1. The predicted octanol–water partition coefficient (Wildman–Crippen LogP) is 2.80. The molecular formula is C22H38IN5O2. The van der Waals surface area contributed by atoms with Crippen LogP contribution in [0.15, 0.2) is 23.2 Å². The van der Waals surface area contributed by atoms with Crippen LogP contribution in [-0.4, -0.2) is 76.9 Å². The number of aliphatic imine (C=N–C) groups is 1. The third-order valence-electron chi connectivity index (χ3n) is 5.90. The van der Waals surface area contributed by atoms with E-state index in [9.17, 15) is 0 Å². The van der Waals surface area contributed by atoms with Gasteiger partial charge >= 0.3 is 0 Å². The number of ether oxygens (including phenoxy) is 2. The molecule has 0 aromatic heterocycles. The number of nitrogens with one attached hydrogen (secondary N) is 2. The van der Waals surface area contributed by atoms with Gasteiger partial charge in [-0.3, -0.25) is 4.99 Å². The highest BCUT2D eigenvalue weighted by Gasteiger charge is 2.25. The van der Waals surface area contributed by atoms with Crippen LogP contribution in [0.2, 0.25) is 0 Å². The monoisotopic (exact) mass is 531 g/mol. The average molecular weight is 531 g/mol. The first kappa shape index (κ1) is 24.8. The number of guanidine groups is 1. The molecule has 0 aliphatic carbocycles. The van der Waals surface area contributed by atoms with E-state index in [0.29, 0.717) is 12.0 Å². The van der Waals surface area contributed by atoms with Gasteiger partial charge in [0, 0.05) is 62.7 Å². The van der Waals surface area contributed by atoms with Gasteiger partial charge in [0.05, 0.1) is 14.2 Å². The number of methoxy groups -OCH3 is 2. The molecule has 170 valence electrons. The third-order valence-corrected chi connectivity index (χ3v) is 5.90. The minimum Gasteiger partial charge on any atom is -0.497 e. The van der Waals surface area contributed by atoms with Crippen LogP contribution in [0.25, 0.3) is 0 Å². The Morgan fingerprint density at radius 3 is 2.40 bits per heavy atom. The minimum atomic E-state index is 0. The highest BCUT2D eigenvalue weighted by atomic mass is 127. The molecule has 0 bridgehead atoms. The first-order valence-electron chi connectivity index (χ1n) is 10.9. The van der Waals surface area contributed by atoms with E-state index in [0.717, 1.165) is 62.3 Å². The molecule has 2 aliphatic rings. The molecule has 7 nitrogen and oxygen atoms in total. The topological polar surface area (TPSA) is 61.4 Å². The summed E-state index contributed by atoms with van der Waals surface area (Å²) in [6.07, 6.45) is 2.34. The van der Waals surface area contributed by atoms with E-state index in [1.807, 2.05) is 6.07 Å². The van der Waals surface area contributed by atoms with E-state index in [1.54, 1.807) is 14.2 Å². The molecule has 30 heavy (non-hydrogen) atoms. The zero-order valence-electron chi connectivity index (χ0n) is 18.8. The van der Waals surface area contributed by atoms with Crippen LogP contribution < -0.4 is 25.0 Å². The van der Waals surface area contributed by atoms with Crippen LogP contribution in [0.5, 0.6) is 11.5 Å². The van der Waals surface area contributed by atoms with Gasteiger partial charge in [-0.2, -0.15) is 0 Å². The molecule has 1 aromatic rings. The molecular weight excluding hydrogens is 493 g/mol. The Morgan fingerprint density at radius 2 is 1.80 bits per heavy atom. The summed E-state index contributed by atoms with van der Waals surface area (Å²) < 4.78 is 10.8. The average Bonchev–Trinajstić information content (AvgIpc) is 3.41. The molecule has 1 aromatic carbocycles. The van der Waals surface area contributed by atoms with Crippen molar-refractivity contribution in [3.8, 4) is 11.5 Å². The lowest BCUT2D eigenvalue weighted by atomic mass is 10.1. The van der Waals surface area contributed by atoms with Gasteiger partial charge in [-0.25, -0.2) is 0 Å². The summed E-state index contributed by atoms with van der Waals surface area (Å²) in [6, 6.07) is 6.43. The normalized spacial score (nSPS) is 22.0. The Balaban J connectivity index is 0.00000320. The highest BCUT2D eigenvalue weighted by Crippen LogP contribution is 2.30. The summed E-state index contributed by atoms with van der Waals surface area (Å²) in [5.74, 6) is 3.26. The second-order valence-corrected chi connectivity index (χ2v) is 7.91. The number of rotatable bonds is 8. The van der Waals surface area contributed by atoms with Crippen molar-refractivity contribution >= 4 is 35.6 Å². The van der Waals surface area contributed by atoms with Crippen LogP contribution in [0.4, 0.5) is 5.69 Å². The van der Waals surface area contributed by atoms with Crippen LogP contribution in [0.1, 0.15) is 26.7 Å². The van der Waals surface area contributed by atoms with Crippen LogP contribution in [-0.2, 0) is 0 Å². The number of hydrogen-bond donors (Lipinski definition) is 2. The molecule has 8 heteroatoms. The standard InChI is InChI=1S/C22H37N5O2.HI/c1-5-23-22(24-14-17-7-9-26(6-2)15-17)25-18-8-10-27(16-18)19-11-20(28-3)13-21(12-19)29-4;/h11-13,17-18H,5-10,14-16H2,1-4H3,(H2,23,24,25);1H. The van der Waals surface area contributed by atoms with Gasteiger partial charge in [-0.05, 0) is 38.8 Å². The fourth-order valence-corrected chi connectivity index (χ4v) is 4.17. The lowest BCUT2D eigenvalue weighted by molar-refractivity contribution is 0.343. The SMILES string of the molecule is CCNC(=NCC1CCN(CC)C1)NC1CCN(c2cc(OC)cc(OC)c2)C1.I. The fourth-order valence-electron chi connectivity index (χ4n) is 4.17. The molecule has 0 spiro atoms. The van der Waals surface area contributed by atoms with Gasteiger partial charge < -0.3 is 29.9 Å². The summed E-state index contributed by atoms with van der Waals surface area (Å²) in [5, 5.41) is 7.06. The van der Waals surface area contributed by atoms with Crippen molar-refractivity contribution in [1.82, 2.24) is 15.5 Å². The largest absolute Gasteiger partial charge is 0.497 e. The van der Waals surface area contributed by atoms with Crippen molar-refractivity contribution in [1.29, 1.82) is 0 Å². The molecule has 2 unspecified atom stereocenters. The molecule has 0 radical (unpaired) electrons. The number of nitrogens with zero attached hydrogens (tertiary/aromatic N) is 3. The van der Waals surface area contributed by atoms with Gasteiger partial charge in [0.15, 0.2) is 5.96 Å². The minimum absolute atomic E-state index is 0. The maximum atomic E-state index is 5.42. The molecule has 2 aliphatic heterocycles. The summed E-state index contributed by atoms with van der Waals surface area (Å²) >= 11 is 0. The van der Waals surface area contributed by atoms with E-state index in [-0.39, 0.29) is 24.0 Å². The van der Waals surface area contributed by atoms with Crippen molar-refractivity contribution in [2.45, 2.75) is 32.7 Å². The molecule has 2 N–H and O–H groups in total. The maximum Gasteiger partial charge on any atom is 0.191 e. The zero-order chi connectivity index (χ0) is 20.6. The van der Waals surface area contributed by atoms with Crippen molar-refractivity contribution in [3.05, 3.63) is 18.2 Å². The first-order valence-corrected chi connectivity index (χ1v) is 10.9. The van der Waals surface area contributed by atoms with Crippen LogP contribution in [0.3, 0.4) is 0 Å². The fraction of sp³-hybridized carbons (Fsp3) is 0.682. The number of benzene rings is 1. The Hall–Kier alpha value is -1.42. The smallest absolute Gasteiger partial charge is 0.191 e. The Morgan fingerprint density at radius 1 is 1.07 bits per heavy atom. The zero-order valence-corrected chi connectivity index (χ0v) is 21.1. The van der Waals surface area contributed by atoms with E-state index in [4.69, 9.17) is 14.5 Å². The first-order chi connectivity index (χ1) is 14.1. The second-order valence-electron chi connectivity index (χ2n) is 7.91. The van der Waals surface area contributed by atoms with Crippen molar-refractivity contribution in [2.75, 3.05) is 64.9 Å². The molecule has 2 atom stereocenters. The molecule has 0 saturated carbocycles. The van der Waals surface area contributed by atoms with Gasteiger partial charge in [-0.15, -0.1) is 24.0 Å². The van der Waals surface area contributed by atoms with E-state index in [2.05, 4.69) is 46.4 Å². The summed E-state index contributed by atoms with van der Waals surface area (Å²) in [6.45, 7) is 11.6. The van der Waals surface area contributed by atoms with Crippen molar-refractivity contribution in [2.24, 2.45) is 10.9 Å². The highest BCUT2D eigenvalue weighted by molar-refractivity contribution is 14.0. The molecule has 2 fully saturated rings. The van der Waals surface area contributed by atoms with Crippen LogP contribution >= 0.6 is 24.0 Å².